The first-order valence-corrected chi connectivity index (χ1v) is 4.23. The third-order valence-electron chi connectivity index (χ3n) is 2.32. The third-order valence-corrected chi connectivity index (χ3v) is 2.32. The van der Waals surface area contributed by atoms with Gasteiger partial charge in [0, 0.05) is 19.0 Å². The maximum Gasteiger partial charge on any atom is 0.123 e. The molecule has 13 heavy (non-hydrogen) atoms. The minimum absolute atomic E-state index is 0. The van der Waals surface area contributed by atoms with Crippen molar-refractivity contribution in [1.29, 1.82) is 0 Å². The Morgan fingerprint density at radius 3 is 2.46 bits per heavy atom. The summed E-state index contributed by atoms with van der Waals surface area (Å²) < 4.78 is 12.9. The van der Waals surface area contributed by atoms with Crippen LogP contribution in [0.5, 0.6) is 0 Å². The fraction of sp³-hybridized carbons (Fsp3) is 0.400. The summed E-state index contributed by atoms with van der Waals surface area (Å²) in [5.41, 5.74) is 2.14. The summed E-state index contributed by atoms with van der Waals surface area (Å²) in [5.74, 6) is 0.413. The van der Waals surface area contributed by atoms with Crippen molar-refractivity contribution in [3.05, 3.63) is 35.1 Å². The number of aryl methyl sites for hydroxylation is 1. The zero-order valence-electron chi connectivity index (χ0n) is 7.51. The molecule has 1 N–H and O–H groups in total. The topological polar surface area (TPSA) is 12.0 Å². The molecule has 0 amide bonds. The summed E-state index contributed by atoms with van der Waals surface area (Å²) in [6.45, 7) is 3.91. The zero-order chi connectivity index (χ0) is 8.55. The Hall–Kier alpha value is -0.600. The maximum absolute atomic E-state index is 12.9. The molecule has 0 saturated carbocycles. The van der Waals surface area contributed by atoms with Crippen molar-refractivity contribution < 1.29 is 4.39 Å². The van der Waals surface area contributed by atoms with Crippen molar-refractivity contribution in [2.24, 2.45) is 0 Å². The summed E-state index contributed by atoms with van der Waals surface area (Å²) in [5, 5.41) is 3.18. The van der Waals surface area contributed by atoms with Gasteiger partial charge in [-0.25, -0.2) is 4.39 Å². The molecular formula is C10H13ClFN. The molecule has 72 valence electrons. The largest absolute Gasteiger partial charge is 0.315 e. The van der Waals surface area contributed by atoms with E-state index in [1.165, 1.54) is 0 Å². The highest BCUT2D eigenvalue weighted by Crippen LogP contribution is 2.21. The summed E-state index contributed by atoms with van der Waals surface area (Å²) in [6.07, 6.45) is 0. The van der Waals surface area contributed by atoms with Crippen LogP contribution in [-0.4, -0.2) is 13.1 Å². The molecule has 0 aromatic heterocycles. The van der Waals surface area contributed by atoms with E-state index in [9.17, 15) is 4.39 Å². The van der Waals surface area contributed by atoms with Crippen molar-refractivity contribution in [2.75, 3.05) is 13.1 Å². The van der Waals surface area contributed by atoms with Gasteiger partial charge in [-0.2, -0.15) is 0 Å². The predicted molar refractivity (Wildman–Crippen MR) is 54.0 cm³/mol. The van der Waals surface area contributed by atoms with Gasteiger partial charge >= 0.3 is 0 Å². The predicted octanol–water partition coefficient (Wildman–Crippen LogP) is 2.24. The van der Waals surface area contributed by atoms with Crippen molar-refractivity contribution in [3.63, 3.8) is 0 Å². The molecule has 0 atom stereocenters. The number of hydrogen-bond acceptors (Lipinski definition) is 1. The van der Waals surface area contributed by atoms with Gasteiger partial charge in [0.1, 0.15) is 5.82 Å². The zero-order valence-corrected chi connectivity index (χ0v) is 8.33. The highest BCUT2D eigenvalue weighted by Gasteiger charge is 2.19. The van der Waals surface area contributed by atoms with Crippen LogP contribution in [0.1, 0.15) is 17.0 Å². The lowest BCUT2D eigenvalue weighted by atomic mass is 9.92. The lowest BCUT2D eigenvalue weighted by Crippen LogP contribution is -2.39. The fourth-order valence-corrected chi connectivity index (χ4v) is 1.52. The van der Waals surface area contributed by atoms with Crippen molar-refractivity contribution in [1.82, 2.24) is 5.32 Å². The van der Waals surface area contributed by atoms with Gasteiger partial charge in [-0.1, -0.05) is 6.07 Å². The number of nitrogens with one attached hydrogen (secondary N) is 1. The van der Waals surface area contributed by atoms with Crippen LogP contribution >= 0.6 is 12.4 Å². The SMILES string of the molecule is Cc1cc(F)cc(C2CNC2)c1.Cl. The monoisotopic (exact) mass is 201 g/mol. The number of halogens is 2. The standard InChI is InChI=1S/C10H12FN.ClH/c1-7-2-8(4-10(11)3-7)9-5-12-6-9;/h2-4,9,12H,5-6H2,1H3;1H. The van der Waals surface area contributed by atoms with E-state index in [-0.39, 0.29) is 18.2 Å². The number of benzene rings is 1. The molecule has 1 aromatic carbocycles. The Morgan fingerprint density at radius 1 is 1.31 bits per heavy atom. The molecule has 1 aliphatic heterocycles. The summed E-state index contributed by atoms with van der Waals surface area (Å²) in [4.78, 5) is 0. The minimum atomic E-state index is -0.114. The highest BCUT2D eigenvalue weighted by atomic mass is 35.5. The van der Waals surface area contributed by atoms with Crippen LogP contribution < -0.4 is 5.32 Å². The van der Waals surface area contributed by atoms with Crippen LogP contribution in [0.2, 0.25) is 0 Å². The molecule has 0 radical (unpaired) electrons. The van der Waals surface area contributed by atoms with Crippen LogP contribution in [0.4, 0.5) is 4.39 Å². The van der Waals surface area contributed by atoms with Crippen molar-refractivity contribution in [3.8, 4) is 0 Å². The maximum atomic E-state index is 12.9. The van der Waals surface area contributed by atoms with Crippen molar-refractivity contribution >= 4 is 12.4 Å². The molecular weight excluding hydrogens is 189 g/mol. The Morgan fingerprint density at radius 2 is 2.00 bits per heavy atom. The lowest BCUT2D eigenvalue weighted by Gasteiger charge is -2.27. The van der Waals surface area contributed by atoms with E-state index >= 15 is 0 Å². The molecule has 0 spiro atoms. The van der Waals surface area contributed by atoms with Gasteiger partial charge in [0.2, 0.25) is 0 Å². The first kappa shape index (κ1) is 10.5. The third kappa shape index (κ3) is 2.20. The minimum Gasteiger partial charge on any atom is -0.315 e. The van der Waals surface area contributed by atoms with Gasteiger partial charge in [-0.15, -0.1) is 12.4 Å². The van der Waals surface area contributed by atoms with E-state index in [2.05, 4.69) is 11.4 Å². The van der Waals surface area contributed by atoms with Gasteiger partial charge in [0.05, 0.1) is 0 Å². The lowest BCUT2D eigenvalue weighted by molar-refractivity contribution is 0.446. The first-order valence-electron chi connectivity index (χ1n) is 4.23. The molecule has 1 fully saturated rings. The molecule has 1 heterocycles. The van der Waals surface area contributed by atoms with E-state index in [0.29, 0.717) is 5.92 Å². The highest BCUT2D eigenvalue weighted by molar-refractivity contribution is 5.85. The van der Waals surface area contributed by atoms with Gasteiger partial charge in [0.25, 0.3) is 0 Å². The molecule has 1 nitrogen and oxygen atoms in total. The van der Waals surface area contributed by atoms with Crippen LogP contribution in [0, 0.1) is 12.7 Å². The summed E-state index contributed by atoms with van der Waals surface area (Å²) in [7, 11) is 0. The first-order chi connectivity index (χ1) is 5.75. The average molecular weight is 202 g/mol. The molecule has 1 saturated heterocycles. The van der Waals surface area contributed by atoms with Crippen molar-refractivity contribution in [2.45, 2.75) is 12.8 Å². The van der Waals surface area contributed by atoms with Gasteiger partial charge in [-0.05, 0) is 30.2 Å². The summed E-state index contributed by atoms with van der Waals surface area (Å²) in [6, 6.07) is 5.27. The summed E-state index contributed by atoms with van der Waals surface area (Å²) >= 11 is 0. The Bertz CT molecular complexity index is 277. The molecule has 1 aromatic rings. The fourth-order valence-electron chi connectivity index (χ4n) is 1.52. The smallest absolute Gasteiger partial charge is 0.123 e. The number of rotatable bonds is 1. The molecule has 0 bridgehead atoms. The number of hydrogen-bond donors (Lipinski definition) is 1. The van der Waals surface area contributed by atoms with E-state index in [1.807, 2.05) is 6.92 Å². The quantitative estimate of drug-likeness (QED) is 0.735. The molecule has 3 heteroatoms. The molecule has 0 aliphatic carbocycles. The van der Waals surface area contributed by atoms with Crippen LogP contribution in [0.25, 0.3) is 0 Å². The van der Waals surface area contributed by atoms with E-state index in [4.69, 9.17) is 0 Å². The Balaban J connectivity index is 0.000000845. The van der Waals surface area contributed by atoms with E-state index < -0.39 is 0 Å². The van der Waals surface area contributed by atoms with Crippen LogP contribution in [-0.2, 0) is 0 Å². The van der Waals surface area contributed by atoms with Crippen LogP contribution in [0.3, 0.4) is 0 Å². The van der Waals surface area contributed by atoms with E-state index in [1.54, 1.807) is 12.1 Å². The normalized spacial score (nSPS) is 16.2. The van der Waals surface area contributed by atoms with Crippen LogP contribution in [0.15, 0.2) is 18.2 Å². The second-order valence-electron chi connectivity index (χ2n) is 3.42. The molecule has 2 rings (SSSR count). The Kier molecular flexibility index (Phi) is 3.28. The van der Waals surface area contributed by atoms with Gasteiger partial charge in [-0.3, -0.25) is 0 Å². The van der Waals surface area contributed by atoms with Gasteiger partial charge in [0.15, 0.2) is 0 Å². The second kappa shape index (κ2) is 4.07. The van der Waals surface area contributed by atoms with Gasteiger partial charge < -0.3 is 5.32 Å². The molecule has 1 aliphatic rings. The Labute approximate surface area is 83.8 Å². The molecule has 0 unspecified atom stereocenters. The second-order valence-corrected chi connectivity index (χ2v) is 3.42. The average Bonchev–Trinajstić information content (AvgIpc) is 1.79. The van der Waals surface area contributed by atoms with E-state index in [0.717, 1.165) is 24.2 Å².